The fraction of sp³-hybridized carbons (Fsp3) is 0.556. The molecule has 28 heavy (non-hydrogen) atoms. The smallest absolute Gasteiger partial charge is 0.394 e. The predicted octanol–water partition coefficient (Wildman–Crippen LogP) is 3.73. The van der Waals surface area contributed by atoms with Gasteiger partial charge >= 0.3 is 7.67 Å². The first kappa shape index (κ1) is 25.1. The number of benzene rings is 1. The standard InChI is InChI=1S/C18H35N5O3P2/c1-10-13-17(19-27(24,20(2)3)21(4)5)16-14-11-12-15-18(16)26-28(25,22(6)7)23(8)9/h10-12,14-15,17H,1,13H2,2-9H3,(H,19,24). The van der Waals surface area contributed by atoms with E-state index in [1.54, 1.807) is 87.2 Å². The van der Waals surface area contributed by atoms with Gasteiger partial charge in [-0.1, -0.05) is 24.3 Å². The lowest BCUT2D eigenvalue weighted by atomic mass is 10.0. The van der Waals surface area contributed by atoms with E-state index < -0.39 is 15.3 Å². The Labute approximate surface area is 170 Å². The van der Waals surface area contributed by atoms with E-state index in [1.165, 1.54) is 0 Å². The van der Waals surface area contributed by atoms with Crippen molar-refractivity contribution in [3.8, 4) is 5.75 Å². The first-order chi connectivity index (χ1) is 12.9. The van der Waals surface area contributed by atoms with Crippen LogP contribution < -0.4 is 9.61 Å². The van der Waals surface area contributed by atoms with E-state index in [2.05, 4.69) is 11.7 Å². The average molecular weight is 431 g/mol. The summed E-state index contributed by atoms with van der Waals surface area (Å²) >= 11 is 0. The van der Waals surface area contributed by atoms with Gasteiger partial charge in [0.25, 0.3) is 7.59 Å². The number of rotatable bonds is 11. The predicted molar refractivity (Wildman–Crippen MR) is 118 cm³/mol. The minimum atomic E-state index is -3.24. The van der Waals surface area contributed by atoms with Gasteiger partial charge in [-0.3, -0.25) is 4.57 Å². The highest BCUT2D eigenvalue weighted by Crippen LogP contribution is 2.53. The van der Waals surface area contributed by atoms with Gasteiger partial charge in [0.05, 0.1) is 0 Å². The maximum Gasteiger partial charge on any atom is 0.394 e. The molecule has 0 fully saturated rings. The second kappa shape index (κ2) is 10.2. The van der Waals surface area contributed by atoms with Gasteiger partial charge in [0.1, 0.15) is 5.75 Å². The van der Waals surface area contributed by atoms with Crippen molar-refractivity contribution < 1.29 is 13.7 Å². The van der Waals surface area contributed by atoms with Crippen LogP contribution in [-0.2, 0) is 9.13 Å². The van der Waals surface area contributed by atoms with E-state index in [0.717, 1.165) is 5.56 Å². The Kier molecular flexibility index (Phi) is 9.10. The molecule has 0 spiro atoms. The number of hydrogen-bond acceptors (Lipinski definition) is 3. The van der Waals surface area contributed by atoms with Gasteiger partial charge in [-0.05, 0) is 68.9 Å². The zero-order chi connectivity index (χ0) is 21.7. The van der Waals surface area contributed by atoms with E-state index in [-0.39, 0.29) is 6.04 Å². The largest absolute Gasteiger partial charge is 0.421 e. The third-order valence-corrected chi connectivity index (χ3v) is 9.61. The van der Waals surface area contributed by atoms with Crippen LogP contribution in [0.5, 0.6) is 5.75 Å². The van der Waals surface area contributed by atoms with Crippen LogP contribution >= 0.6 is 15.3 Å². The van der Waals surface area contributed by atoms with Crippen LogP contribution in [0.2, 0.25) is 0 Å². The summed E-state index contributed by atoms with van der Waals surface area (Å²) in [6.45, 7) is 3.84. The monoisotopic (exact) mass is 431 g/mol. The van der Waals surface area contributed by atoms with Gasteiger partial charge in [0.2, 0.25) is 0 Å². The summed E-state index contributed by atoms with van der Waals surface area (Å²) in [6, 6.07) is 7.05. The third kappa shape index (κ3) is 5.55. The van der Waals surface area contributed by atoms with Gasteiger partial charge in [-0.2, -0.15) is 0 Å². The molecule has 0 aromatic heterocycles. The second-order valence-corrected chi connectivity index (χ2v) is 13.0. The third-order valence-electron chi connectivity index (χ3n) is 4.33. The molecule has 160 valence electrons. The lowest BCUT2D eigenvalue weighted by Gasteiger charge is -2.35. The fourth-order valence-corrected chi connectivity index (χ4v) is 6.00. The first-order valence-electron chi connectivity index (χ1n) is 8.98. The second-order valence-electron chi connectivity index (χ2n) is 7.26. The van der Waals surface area contributed by atoms with Crippen LogP contribution in [0.15, 0.2) is 36.9 Å². The Morgan fingerprint density at radius 3 is 1.89 bits per heavy atom. The van der Waals surface area contributed by atoms with E-state index in [4.69, 9.17) is 4.52 Å². The maximum atomic E-state index is 13.5. The quantitative estimate of drug-likeness (QED) is 0.420. The Morgan fingerprint density at radius 1 is 0.964 bits per heavy atom. The summed E-state index contributed by atoms with van der Waals surface area (Å²) in [5, 5.41) is 3.27. The molecule has 1 atom stereocenters. The van der Waals surface area contributed by atoms with Crippen molar-refractivity contribution in [3.63, 3.8) is 0 Å². The van der Waals surface area contributed by atoms with Gasteiger partial charge in [-0.15, -0.1) is 6.58 Å². The zero-order valence-electron chi connectivity index (χ0n) is 18.3. The van der Waals surface area contributed by atoms with Crippen molar-refractivity contribution in [3.05, 3.63) is 42.5 Å². The molecule has 0 saturated heterocycles. The molecule has 1 N–H and O–H groups in total. The molecule has 0 amide bonds. The number of nitrogens with one attached hydrogen (secondary N) is 1. The highest BCUT2D eigenvalue weighted by atomic mass is 31.2. The van der Waals surface area contributed by atoms with E-state index >= 15 is 0 Å². The Morgan fingerprint density at radius 2 is 1.46 bits per heavy atom. The molecule has 8 nitrogen and oxygen atoms in total. The normalized spacial score (nSPS) is 14.1. The van der Waals surface area contributed by atoms with E-state index in [1.807, 2.05) is 18.2 Å². The molecular formula is C18H35N5O3P2. The molecule has 0 bridgehead atoms. The lowest BCUT2D eigenvalue weighted by molar-refractivity contribution is 0.350. The number of para-hydroxylation sites is 1. The van der Waals surface area contributed by atoms with E-state index in [9.17, 15) is 9.13 Å². The van der Waals surface area contributed by atoms with Crippen molar-refractivity contribution in [2.75, 3.05) is 56.4 Å². The van der Waals surface area contributed by atoms with Crippen molar-refractivity contribution in [1.82, 2.24) is 23.8 Å². The van der Waals surface area contributed by atoms with Crippen LogP contribution in [-0.4, -0.2) is 75.1 Å². The lowest BCUT2D eigenvalue weighted by Crippen LogP contribution is -2.33. The Hall–Kier alpha value is -0.980. The molecule has 1 rings (SSSR count). The van der Waals surface area contributed by atoms with E-state index in [0.29, 0.717) is 12.2 Å². The Balaban J connectivity index is 3.41. The molecule has 0 aliphatic carbocycles. The summed E-state index contributed by atoms with van der Waals surface area (Å²) < 4.78 is 39.4. The molecule has 0 heterocycles. The SMILES string of the molecule is C=CCC(NP(=O)(N(C)C)N(C)C)c1ccccc1OP(=O)(N(C)C)N(C)C. The van der Waals surface area contributed by atoms with Gasteiger partial charge in [0, 0.05) is 11.6 Å². The molecule has 0 aliphatic heterocycles. The Bertz CT molecular complexity index is 728. The van der Waals surface area contributed by atoms with Crippen molar-refractivity contribution in [1.29, 1.82) is 0 Å². The number of hydrogen-bond donors (Lipinski definition) is 1. The molecule has 1 aromatic rings. The van der Waals surface area contributed by atoms with Crippen LogP contribution in [0, 0.1) is 0 Å². The summed E-state index contributed by atoms with van der Waals surface area (Å²) in [4.78, 5) is 0. The van der Waals surface area contributed by atoms with Crippen molar-refractivity contribution in [2.24, 2.45) is 0 Å². The fourth-order valence-electron chi connectivity index (χ4n) is 2.71. The molecule has 0 saturated carbocycles. The number of nitrogens with zero attached hydrogens (tertiary/aromatic N) is 4. The summed E-state index contributed by atoms with van der Waals surface area (Å²) in [7, 11) is 7.72. The first-order valence-corrected chi connectivity index (χ1v) is 12.1. The van der Waals surface area contributed by atoms with Crippen molar-refractivity contribution >= 4 is 15.3 Å². The molecular weight excluding hydrogens is 396 g/mol. The zero-order valence-corrected chi connectivity index (χ0v) is 20.1. The van der Waals surface area contributed by atoms with Gasteiger partial charge < -0.3 is 4.52 Å². The summed E-state index contributed by atoms with van der Waals surface area (Å²) in [5.41, 5.74) is 0.773. The molecule has 1 aromatic carbocycles. The molecule has 10 heteroatoms. The average Bonchev–Trinajstić information content (AvgIpc) is 2.60. The van der Waals surface area contributed by atoms with Crippen LogP contribution in [0.1, 0.15) is 18.0 Å². The summed E-state index contributed by atoms with van der Waals surface area (Å²) in [6.07, 6.45) is 2.29. The van der Waals surface area contributed by atoms with Crippen molar-refractivity contribution in [2.45, 2.75) is 12.5 Å². The maximum absolute atomic E-state index is 13.5. The highest BCUT2D eigenvalue weighted by molar-refractivity contribution is 7.56. The van der Waals surface area contributed by atoms with Gasteiger partial charge in [-0.25, -0.2) is 28.3 Å². The van der Waals surface area contributed by atoms with Gasteiger partial charge in [0.15, 0.2) is 0 Å². The van der Waals surface area contributed by atoms with Crippen LogP contribution in [0.4, 0.5) is 0 Å². The molecule has 1 unspecified atom stereocenters. The highest BCUT2D eigenvalue weighted by Gasteiger charge is 2.35. The molecule has 0 aliphatic rings. The molecule has 0 radical (unpaired) electrons. The van der Waals surface area contributed by atoms with Crippen LogP contribution in [0.3, 0.4) is 0 Å². The van der Waals surface area contributed by atoms with Crippen LogP contribution in [0.25, 0.3) is 0 Å². The minimum Gasteiger partial charge on any atom is -0.421 e. The minimum absolute atomic E-state index is 0.331. The summed E-state index contributed by atoms with van der Waals surface area (Å²) in [5.74, 6) is 0.483. The topological polar surface area (TPSA) is 68.4 Å².